The summed E-state index contributed by atoms with van der Waals surface area (Å²) < 4.78 is 5.52. The highest BCUT2D eigenvalue weighted by Crippen LogP contribution is 2.41. The predicted molar refractivity (Wildman–Crippen MR) is 106 cm³/mol. The van der Waals surface area contributed by atoms with Crippen molar-refractivity contribution in [2.45, 2.75) is 44.2 Å². The number of carbonyl (C=O) groups excluding carboxylic acids is 1. The quantitative estimate of drug-likeness (QED) is 0.834. The summed E-state index contributed by atoms with van der Waals surface area (Å²) in [5.41, 5.74) is 7.66. The van der Waals surface area contributed by atoms with Crippen LogP contribution in [0.5, 0.6) is 0 Å². The first-order valence-electron chi connectivity index (χ1n) is 10.6. The molecular weight excluding hydrogens is 338 g/mol. The van der Waals surface area contributed by atoms with E-state index in [4.69, 9.17) is 10.5 Å². The van der Waals surface area contributed by atoms with Crippen LogP contribution in [0, 0.1) is 17.8 Å². The van der Waals surface area contributed by atoms with Gasteiger partial charge in [0.15, 0.2) is 0 Å². The standard InChI is InChI=1S/C22H33N3O2/c23-21-17-7-4-8-18(21)14-19(13-17)22(26)24-15-20(16-5-2-1-3-6-16)25-9-11-27-12-10-25/h1-3,5-6,17-21H,4,7-15,23H2,(H,24,26). The fourth-order valence-electron chi connectivity index (χ4n) is 5.37. The van der Waals surface area contributed by atoms with Gasteiger partial charge in [-0.2, -0.15) is 0 Å². The van der Waals surface area contributed by atoms with Gasteiger partial charge in [0.25, 0.3) is 0 Å². The number of nitrogens with zero attached hydrogens (tertiary/aromatic N) is 1. The maximum Gasteiger partial charge on any atom is 0.223 e. The molecule has 3 N–H and O–H groups in total. The van der Waals surface area contributed by atoms with E-state index < -0.39 is 0 Å². The van der Waals surface area contributed by atoms with Crippen LogP contribution in [-0.2, 0) is 9.53 Å². The van der Waals surface area contributed by atoms with Gasteiger partial charge in [0.2, 0.25) is 5.91 Å². The lowest BCUT2D eigenvalue weighted by Crippen LogP contribution is -2.50. The van der Waals surface area contributed by atoms with Crippen LogP contribution in [0.3, 0.4) is 0 Å². The van der Waals surface area contributed by atoms with E-state index in [2.05, 4.69) is 34.5 Å². The van der Waals surface area contributed by atoms with E-state index >= 15 is 0 Å². The van der Waals surface area contributed by atoms with E-state index in [1.54, 1.807) is 0 Å². The van der Waals surface area contributed by atoms with Crippen LogP contribution < -0.4 is 11.1 Å². The molecule has 2 saturated carbocycles. The lowest BCUT2D eigenvalue weighted by atomic mass is 9.65. The SMILES string of the molecule is NC1C2CCCC1CC(C(=O)NCC(c1ccccc1)N1CCOCC1)C2. The van der Waals surface area contributed by atoms with Crippen LogP contribution in [0.25, 0.3) is 0 Å². The highest BCUT2D eigenvalue weighted by molar-refractivity contribution is 5.78. The molecule has 1 saturated heterocycles. The maximum absolute atomic E-state index is 13.0. The Morgan fingerprint density at radius 2 is 1.81 bits per heavy atom. The first-order valence-corrected chi connectivity index (χ1v) is 10.6. The van der Waals surface area contributed by atoms with Gasteiger partial charge in [-0.3, -0.25) is 9.69 Å². The molecule has 3 unspecified atom stereocenters. The van der Waals surface area contributed by atoms with Crippen molar-refractivity contribution in [2.75, 3.05) is 32.8 Å². The largest absolute Gasteiger partial charge is 0.379 e. The maximum atomic E-state index is 13.0. The van der Waals surface area contributed by atoms with Crippen molar-refractivity contribution in [3.63, 3.8) is 0 Å². The zero-order chi connectivity index (χ0) is 18.6. The smallest absolute Gasteiger partial charge is 0.223 e. The Morgan fingerprint density at radius 3 is 2.48 bits per heavy atom. The van der Waals surface area contributed by atoms with Gasteiger partial charge in [-0.25, -0.2) is 0 Å². The lowest BCUT2D eigenvalue weighted by molar-refractivity contribution is -0.128. The minimum atomic E-state index is 0.140. The highest BCUT2D eigenvalue weighted by Gasteiger charge is 2.40. The van der Waals surface area contributed by atoms with Crippen LogP contribution in [0.4, 0.5) is 0 Å². The van der Waals surface area contributed by atoms with E-state index in [1.807, 2.05) is 6.07 Å². The summed E-state index contributed by atoms with van der Waals surface area (Å²) in [7, 11) is 0. The van der Waals surface area contributed by atoms with Crippen molar-refractivity contribution in [2.24, 2.45) is 23.5 Å². The van der Waals surface area contributed by atoms with E-state index in [0.717, 1.165) is 39.1 Å². The van der Waals surface area contributed by atoms with Crippen LogP contribution in [-0.4, -0.2) is 49.7 Å². The monoisotopic (exact) mass is 371 g/mol. The van der Waals surface area contributed by atoms with E-state index in [0.29, 0.717) is 24.4 Å². The summed E-state index contributed by atoms with van der Waals surface area (Å²) in [5.74, 6) is 1.45. The molecule has 2 bridgehead atoms. The molecule has 3 atom stereocenters. The molecule has 148 valence electrons. The number of ether oxygens (including phenoxy) is 1. The number of nitrogens with one attached hydrogen (secondary N) is 1. The van der Waals surface area contributed by atoms with Crippen molar-refractivity contribution in [3.8, 4) is 0 Å². The molecule has 27 heavy (non-hydrogen) atoms. The van der Waals surface area contributed by atoms with Gasteiger partial charge in [-0.1, -0.05) is 36.8 Å². The van der Waals surface area contributed by atoms with E-state index in [-0.39, 0.29) is 17.9 Å². The average molecular weight is 372 g/mol. The zero-order valence-corrected chi connectivity index (χ0v) is 16.2. The molecule has 0 aromatic heterocycles. The summed E-state index contributed by atoms with van der Waals surface area (Å²) in [5, 5.41) is 3.29. The van der Waals surface area contributed by atoms with Crippen molar-refractivity contribution < 1.29 is 9.53 Å². The second kappa shape index (κ2) is 8.72. The number of fused-ring (bicyclic) bond motifs is 2. The number of benzene rings is 1. The summed E-state index contributed by atoms with van der Waals surface area (Å²) in [6, 6.07) is 11.1. The lowest BCUT2D eigenvalue weighted by Gasteiger charge is -2.43. The molecule has 0 radical (unpaired) electrons. The Morgan fingerprint density at radius 1 is 1.15 bits per heavy atom. The molecule has 1 heterocycles. The molecule has 2 aliphatic carbocycles. The van der Waals surface area contributed by atoms with Crippen molar-refractivity contribution in [3.05, 3.63) is 35.9 Å². The zero-order valence-electron chi connectivity index (χ0n) is 16.2. The third-order valence-electron chi connectivity index (χ3n) is 6.92. The fraction of sp³-hybridized carbons (Fsp3) is 0.682. The van der Waals surface area contributed by atoms with Crippen molar-refractivity contribution in [1.29, 1.82) is 0 Å². The van der Waals surface area contributed by atoms with Crippen molar-refractivity contribution >= 4 is 5.91 Å². The molecule has 1 amide bonds. The molecule has 5 heteroatoms. The molecule has 1 aromatic rings. The number of nitrogens with two attached hydrogens (primary N) is 1. The number of amides is 1. The van der Waals surface area contributed by atoms with Crippen LogP contribution in [0.15, 0.2) is 30.3 Å². The normalized spacial score (nSPS) is 32.6. The van der Waals surface area contributed by atoms with Gasteiger partial charge < -0.3 is 15.8 Å². The minimum absolute atomic E-state index is 0.140. The van der Waals surface area contributed by atoms with Gasteiger partial charge >= 0.3 is 0 Å². The Bertz CT molecular complexity index is 603. The van der Waals surface area contributed by atoms with Crippen LogP contribution in [0.2, 0.25) is 0 Å². The second-order valence-corrected chi connectivity index (χ2v) is 8.52. The van der Waals surface area contributed by atoms with E-state index in [1.165, 1.54) is 24.8 Å². The molecule has 3 fully saturated rings. The number of rotatable bonds is 5. The third kappa shape index (κ3) is 4.36. The summed E-state index contributed by atoms with van der Waals surface area (Å²) >= 11 is 0. The number of morpholine rings is 1. The minimum Gasteiger partial charge on any atom is -0.379 e. The first-order chi connectivity index (χ1) is 13.2. The molecule has 1 aliphatic heterocycles. The van der Waals surface area contributed by atoms with Crippen LogP contribution >= 0.6 is 0 Å². The Labute approximate surface area is 162 Å². The number of hydrogen-bond acceptors (Lipinski definition) is 4. The molecular formula is C22H33N3O2. The highest BCUT2D eigenvalue weighted by atomic mass is 16.5. The fourth-order valence-corrected chi connectivity index (χ4v) is 5.37. The Balaban J connectivity index is 1.39. The Hall–Kier alpha value is -1.43. The van der Waals surface area contributed by atoms with Crippen LogP contribution in [0.1, 0.15) is 43.7 Å². The topological polar surface area (TPSA) is 67.6 Å². The van der Waals surface area contributed by atoms with Gasteiger partial charge in [0.1, 0.15) is 0 Å². The van der Waals surface area contributed by atoms with Gasteiger partial charge in [0.05, 0.1) is 19.3 Å². The van der Waals surface area contributed by atoms with Gasteiger partial charge in [-0.15, -0.1) is 0 Å². The molecule has 5 nitrogen and oxygen atoms in total. The predicted octanol–water partition coefficient (Wildman–Crippen LogP) is 2.33. The second-order valence-electron chi connectivity index (χ2n) is 8.52. The van der Waals surface area contributed by atoms with Gasteiger partial charge in [0, 0.05) is 31.6 Å². The molecule has 0 spiro atoms. The average Bonchev–Trinajstić information content (AvgIpc) is 2.69. The molecule has 1 aromatic carbocycles. The first kappa shape index (κ1) is 18.9. The number of carbonyl (C=O) groups is 1. The summed E-state index contributed by atoms with van der Waals surface area (Å²) in [6.07, 6.45) is 5.61. The summed E-state index contributed by atoms with van der Waals surface area (Å²) in [4.78, 5) is 15.4. The van der Waals surface area contributed by atoms with Gasteiger partial charge in [-0.05, 0) is 43.1 Å². The van der Waals surface area contributed by atoms with Crippen molar-refractivity contribution in [1.82, 2.24) is 10.2 Å². The molecule has 3 aliphatic rings. The third-order valence-corrected chi connectivity index (χ3v) is 6.92. The van der Waals surface area contributed by atoms with E-state index in [9.17, 15) is 4.79 Å². The molecule has 4 rings (SSSR count). The number of hydrogen-bond donors (Lipinski definition) is 2. The summed E-state index contributed by atoms with van der Waals surface area (Å²) in [6.45, 7) is 4.03. The Kier molecular flexibility index (Phi) is 6.11.